The lowest BCUT2D eigenvalue weighted by molar-refractivity contribution is -0.123. The Bertz CT molecular complexity index is 1660. The van der Waals surface area contributed by atoms with Crippen molar-refractivity contribution in [2.75, 3.05) is 17.2 Å². The van der Waals surface area contributed by atoms with Crippen LogP contribution in [0.5, 0.6) is 0 Å². The number of thiophene rings is 1. The maximum absolute atomic E-state index is 15.3. The molecule has 5 aromatic rings. The first-order chi connectivity index (χ1) is 19.5. The number of aromatic nitrogens is 2. The van der Waals surface area contributed by atoms with Crippen molar-refractivity contribution in [2.45, 2.75) is 18.7 Å². The van der Waals surface area contributed by atoms with Gasteiger partial charge in [-0.3, -0.25) is 14.5 Å². The number of hydrogen-bond acceptors (Lipinski definition) is 6. The highest BCUT2D eigenvalue weighted by Crippen LogP contribution is 2.49. The summed E-state index contributed by atoms with van der Waals surface area (Å²) in [6.45, 7) is 1.94. The number of thioether (sulfide) groups is 1. The van der Waals surface area contributed by atoms with E-state index >= 15 is 4.39 Å². The lowest BCUT2D eigenvalue weighted by Crippen LogP contribution is -2.42. The van der Waals surface area contributed by atoms with Crippen molar-refractivity contribution in [1.29, 1.82) is 0 Å². The molecule has 0 radical (unpaired) electrons. The Kier molecular flexibility index (Phi) is 7.27. The summed E-state index contributed by atoms with van der Waals surface area (Å²) in [5.41, 5.74) is 3.54. The van der Waals surface area contributed by atoms with Gasteiger partial charge in [-0.05, 0) is 48.2 Å². The fourth-order valence-electron chi connectivity index (χ4n) is 4.82. The maximum Gasteiger partial charge on any atom is 0.240 e. The molecule has 0 bridgehead atoms. The molecular formula is C30H25FN4O3S2. The molecule has 10 heteroatoms. The van der Waals surface area contributed by atoms with Gasteiger partial charge >= 0.3 is 0 Å². The molecule has 0 saturated carbocycles. The molecule has 7 nitrogen and oxygen atoms in total. The first-order valence-corrected chi connectivity index (χ1v) is 14.6. The number of carbonyl (C=O) groups is 2. The minimum absolute atomic E-state index is 0.0663. The lowest BCUT2D eigenvalue weighted by atomic mass is 10.0. The number of hydrogen-bond donors (Lipinski definition) is 1. The van der Waals surface area contributed by atoms with Crippen LogP contribution in [0.15, 0.2) is 88.9 Å². The summed E-state index contributed by atoms with van der Waals surface area (Å²) in [7, 11) is 0. The summed E-state index contributed by atoms with van der Waals surface area (Å²) >= 11 is 2.86. The molecule has 3 aromatic heterocycles. The quantitative estimate of drug-likeness (QED) is 0.254. The van der Waals surface area contributed by atoms with Gasteiger partial charge in [-0.25, -0.2) is 9.07 Å². The molecule has 2 amide bonds. The monoisotopic (exact) mass is 572 g/mol. The number of aryl methyl sites for hydroxylation is 1. The van der Waals surface area contributed by atoms with Crippen molar-refractivity contribution in [3.63, 3.8) is 0 Å². The summed E-state index contributed by atoms with van der Waals surface area (Å²) in [4.78, 5) is 29.3. The van der Waals surface area contributed by atoms with E-state index in [2.05, 4.69) is 5.32 Å². The predicted octanol–water partition coefficient (Wildman–Crippen LogP) is 6.13. The summed E-state index contributed by atoms with van der Waals surface area (Å²) in [6.07, 6.45) is 1.54. The van der Waals surface area contributed by atoms with Crippen molar-refractivity contribution in [3.05, 3.63) is 113 Å². The second kappa shape index (κ2) is 11.1. The minimum atomic E-state index is -0.522. The highest BCUT2D eigenvalue weighted by atomic mass is 32.2. The zero-order chi connectivity index (χ0) is 27.6. The maximum atomic E-state index is 15.3. The molecule has 0 saturated heterocycles. The number of carbonyl (C=O) groups excluding carboxylic acids is 2. The van der Waals surface area contributed by atoms with Crippen molar-refractivity contribution in [1.82, 2.24) is 15.1 Å². The SMILES string of the molecule is Cc1ccccc1-n1nc(-c2cccs2)c2c1N(CC(=O)NCc1ccco1)C(=O)CSC2c1ccccc1F. The van der Waals surface area contributed by atoms with E-state index in [-0.39, 0.29) is 36.5 Å². The molecule has 202 valence electrons. The Hall–Kier alpha value is -4.15. The van der Waals surface area contributed by atoms with Crippen LogP contribution < -0.4 is 10.2 Å². The fourth-order valence-corrected chi connectivity index (χ4v) is 6.76. The van der Waals surface area contributed by atoms with Gasteiger partial charge in [0.1, 0.15) is 29.6 Å². The average Bonchev–Trinajstić information content (AvgIpc) is 3.72. The fraction of sp³-hybridized carbons (Fsp3) is 0.167. The molecule has 1 N–H and O–H groups in total. The number of nitrogens with zero attached hydrogens (tertiary/aromatic N) is 3. The van der Waals surface area contributed by atoms with E-state index < -0.39 is 5.25 Å². The lowest BCUT2D eigenvalue weighted by Gasteiger charge is -2.23. The predicted molar refractivity (Wildman–Crippen MR) is 155 cm³/mol. The van der Waals surface area contributed by atoms with Gasteiger partial charge < -0.3 is 9.73 Å². The Morgan fingerprint density at radius 3 is 2.67 bits per heavy atom. The second-order valence-electron chi connectivity index (χ2n) is 9.31. The highest BCUT2D eigenvalue weighted by molar-refractivity contribution is 8.00. The number of halogens is 1. The molecule has 0 fully saturated rings. The number of amides is 2. The first-order valence-electron chi connectivity index (χ1n) is 12.7. The smallest absolute Gasteiger partial charge is 0.240 e. The Balaban J connectivity index is 1.54. The van der Waals surface area contributed by atoms with Crippen LogP contribution >= 0.6 is 23.1 Å². The number of rotatable bonds is 7. The zero-order valence-corrected chi connectivity index (χ0v) is 23.2. The van der Waals surface area contributed by atoms with Gasteiger partial charge in [0.25, 0.3) is 0 Å². The molecule has 0 aliphatic carbocycles. The number of furan rings is 1. The van der Waals surface area contributed by atoms with E-state index in [1.54, 1.807) is 41.3 Å². The molecular weight excluding hydrogens is 547 g/mol. The minimum Gasteiger partial charge on any atom is -0.467 e. The summed E-state index contributed by atoms with van der Waals surface area (Å²) < 4.78 is 22.4. The van der Waals surface area contributed by atoms with Crippen LogP contribution in [0.2, 0.25) is 0 Å². The standard InChI is InChI=1S/C30H25FN4O3S2/c1-19-8-2-5-12-23(19)35-30-27(28(33-35)24-13-7-15-39-24)29(21-10-3-4-11-22(21)31)40-18-26(37)34(30)17-25(36)32-16-20-9-6-14-38-20/h2-15,29H,16-18H2,1H3,(H,32,36). The molecule has 6 rings (SSSR count). The van der Waals surface area contributed by atoms with E-state index in [0.29, 0.717) is 28.4 Å². The van der Waals surface area contributed by atoms with Gasteiger partial charge in [0, 0.05) is 11.1 Å². The highest BCUT2D eigenvalue weighted by Gasteiger charge is 2.38. The normalized spacial score (nSPS) is 15.1. The Labute approximate surface area is 238 Å². The summed E-state index contributed by atoms with van der Waals surface area (Å²) in [6, 6.07) is 21.8. The largest absolute Gasteiger partial charge is 0.467 e. The number of benzene rings is 2. The van der Waals surface area contributed by atoms with Gasteiger partial charge in [0.15, 0.2) is 0 Å². The van der Waals surface area contributed by atoms with Gasteiger partial charge in [0.2, 0.25) is 11.8 Å². The van der Waals surface area contributed by atoms with Crippen LogP contribution in [0, 0.1) is 12.7 Å². The molecule has 1 unspecified atom stereocenters. The van der Waals surface area contributed by atoms with Crippen molar-refractivity contribution < 1.29 is 18.4 Å². The Morgan fingerprint density at radius 2 is 1.93 bits per heavy atom. The van der Waals surface area contributed by atoms with Crippen LogP contribution in [0.4, 0.5) is 10.2 Å². The number of anilines is 1. The van der Waals surface area contributed by atoms with Crippen LogP contribution in [-0.2, 0) is 16.1 Å². The van der Waals surface area contributed by atoms with E-state index in [4.69, 9.17) is 9.52 Å². The van der Waals surface area contributed by atoms with Crippen LogP contribution in [0.3, 0.4) is 0 Å². The molecule has 1 aliphatic heterocycles. The van der Waals surface area contributed by atoms with Crippen LogP contribution in [0.1, 0.15) is 27.7 Å². The van der Waals surface area contributed by atoms with Gasteiger partial charge in [-0.15, -0.1) is 23.1 Å². The van der Waals surface area contributed by atoms with Crippen molar-refractivity contribution >= 4 is 40.7 Å². The zero-order valence-electron chi connectivity index (χ0n) is 21.5. The molecule has 0 spiro atoms. The van der Waals surface area contributed by atoms with E-state index in [1.807, 2.05) is 48.7 Å². The first kappa shape index (κ1) is 26.1. The number of fused-ring (bicyclic) bond motifs is 1. The van der Waals surface area contributed by atoms with E-state index in [9.17, 15) is 9.59 Å². The van der Waals surface area contributed by atoms with Crippen molar-refractivity contribution in [3.8, 4) is 16.3 Å². The third-order valence-electron chi connectivity index (χ3n) is 6.72. The molecule has 4 heterocycles. The second-order valence-corrected chi connectivity index (χ2v) is 11.4. The third kappa shape index (κ3) is 4.96. The average molecular weight is 573 g/mol. The molecule has 1 aliphatic rings. The summed E-state index contributed by atoms with van der Waals surface area (Å²) in [5.74, 6) is 0.178. The van der Waals surface area contributed by atoms with Gasteiger partial charge in [-0.2, -0.15) is 5.10 Å². The van der Waals surface area contributed by atoms with E-state index in [0.717, 1.165) is 16.1 Å². The molecule has 1 atom stereocenters. The van der Waals surface area contributed by atoms with Gasteiger partial charge in [-0.1, -0.05) is 42.5 Å². The van der Waals surface area contributed by atoms with Crippen LogP contribution in [-0.4, -0.2) is 33.9 Å². The topological polar surface area (TPSA) is 80.4 Å². The molecule has 40 heavy (non-hydrogen) atoms. The number of nitrogens with one attached hydrogen (secondary N) is 1. The van der Waals surface area contributed by atoms with Crippen LogP contribution in [0.25, 0.3) is 16.3 Å². The third-order valence-corrected chi connectivity index (χ3v) is 8.83. The van der Waals surface area contributed by atoms with E-state index in [1.165, 1.54) is 34.1 Å². The number of para-hydroxylation sites is 1. The Morgan fingerprint density at radius 1 is 1.10 bits per heavy atom. The van der Waals surface area contributed by atoms with Gasteiger partial charge in [0.05, 0.1) is 34.4 Å². The molecule has 2 aromatic carbocycles. The summed E-state index contributed by atoms with van der Waals surface area (Å²) in [5, 5.41) is 9.32. The van der Waals surface area contributed by atoms with Crippen molar-refractivity contribution in [2.24, 2.45) is 0 Å².